The van der Waals surface area contributed by atoms with Crippen LogP contribution in [0.1, 0.15) is 70.6 Å². The first-order chi connectivity index (χ1) is 10.5. The molecule has 0 aliphatic carbocycles. The van der Waals surface area contributed by atoms with Gasteiger partial charge in [0, 0.05) is 6.08 Å². The summed E-state index contributed by atoms with van der Waals surface area (Å²) in [5.41, 5.74) is 0. The van der Waals surface area contributed by atoms with Crippen LogP contribution in [0.4, 0.5) is 0 Å². The molecule has 0 bridgehead atoms. The molecule has 2 nitrogen and oxygen atoms in total. The number of carbonyl (C=O) groups excluding carboxylic acids is 1. The summed E-state index contributed by atoms with van der Waals surface area (Å²) in [6, 6.07) is 1.26. The van der Waals surface area contributed by atoms with Crippen molar-refractivity contribution in [2.24, 2.45) is 0 Å². The van der Waals surface area contributed by atoms with Crippen molar-refractivity contribution in [3.63, 3.8) is 0 Å². The summed E-state index contributed by atoms with van der Waals surface area (Å²) in [4.78, 5) is 10.8. The Morgan fingerprint density at radius 3 is 1.73 bits per heavy atom. The predicted octanol–water partition coefficient (Wildman–Crippen LogP) is 6.45. The average Bonchev–Trinajstić information content (AvgIpc) is 2.46. The Morgan fingerprint density at radius 1 is 0.909 bits per heavy atom. The molecule has 0 aliphatic heterocycles. The minimum absolute atomic E-state index is 0.308. The van der Waals surface area contributed by atoms with E-state index in [0.717, 1.165) is 12.8 Å². The quantitative estimate of drug-likeness (QED) is 0.112. The molecule has 0 aromatic carbocycles. The lowest BCUT2D eigenvalue weighted by Crippen LogP contribution is -2.14. The molecule has 0 aliphatic rings. The second kappa shape index (κ2) is 14.3. The van der Waals surface area contributed by atoms with Gasteiger partial charge >= 0.3 is 5.97 Å². The lowest BCUT2D eigenvalue weighted by Gasteiger charge is -2.11. The van der Waals surface area contributed by atoms with Crippen LogP contribution in [0, 0.1) is 0 Å². The maximum atomic E-state index is 10.8. The van der Waals surface area contributed by atoms with Crippen molar-refractivity contribution in [3.05, 3.63) is 12.7 Å². The van der Waals surface area contributed by atoms with Crippen molar-refractivity contribution < 1.29 is 9.53 Å². The molecule has 22 heavy (non-hydrogen) atoms. The van der Waals surface area contributed by atoms with Gasteiger partial charge in [0.15, 0.2) is 0 Å². The fourth-order valence-corrected chi connectivity index (χ4v) is 3.96. The van der Waals surface area contributed by atoms with Gasteiger partial charge in [0.1, 0.15) is 7.38 Å². The number of carbonyl (C=O) groups is 1. The molecule has 0 heterocycles. The van der Waals surface area contributed by atoms with Crippen LogP contribution >= 0.6 is 11.1 Å². The molecule has 0 saturated carbocycles. The van der Waals surface area contributed by atoms with Crippen molar-refractivity contribution in [1.29, 1.82) is 0 Å². The lowest BCUT2D eigenvalue weighted by atomic mass is 10.1. The maximum absolute atomic E-state index is 10.8. The van der Waals surface area contributed by atoms with E-state index in [-0.39, 0.29) is 5.97 Å². The predicted molar refractivity (Wildman–Crippen MR) is 100 cm³/mol. The SMILES string of the molecule is C=CC(=O)OCCCCCCCCCCCCC[Si](C)(C)Cl. The average molecular weight is 347 g/mol. The molecule has 0 saturated heterocycles. The van der Waals surface area contributed by atoms with Gasteiger partial charge < -0.3 is 4.74 Å². The Hall–Kier alpha value is -0.283. The highest BCUT2D eigenvalue weighted by atomic mass is 35.6. The first-order valence-corrected chi connectivity index (χ1v) is 13.2. The topological polar surface area (TPSA) is 26.3 Å². The van der Waals surface area contributed by atoms with Crippen LogP contribution in [-0.4, -0.2) is 20.0 Å². The van der Waals surface area contributed by atoms with Gasteiger partial charge in [0.2, 0.25) is 0 Å². The first-order valence-electron chi connectivity index (χ1n) is 8.94. The molecule has 0 spiro atoms. The van der Waals surface area contributed by atoms with Crippen LogP contribution in [0.5, 0.6) is 0 Å². The molecule has 130 valence electrons. The summed E-state index contributed by atoms with van der Waals surface area (Å²) in [5, 5.41) is 0. The molecule has 0 rings (SSSR count). The fourth-order valence-electron chi connectivity index (χ4n) is 2.47. The van der Waals surface area contributed by atoms with Crippen molar-refractivity contribution in [3.8, 4) is 0 Å². The maximum Gasteiger partial charge on any atom is 0.330 e. The van der Waals surface area contributed by atoms with Gasteiger partial charge in [-0.15, -0.1) is 0 Å². The van der Waals surface area contributed by atoms with E-state index in [1.54, 1.807) is 0 Å². The first kappa shape index (κ1) is 21.7. The molecule has 0 amide bonds. The molecular formula is C18H35ClO2Si. The molecule has 0 radical (unpaired) electrons. The number of rotatable bonds is 15. The van der Waals surface area contributed by atoms with Crippen molar-refractivity contribution in [2.75, 3.05) is 6.61 Å². The number of esters is 1. The van der Waals surface area contributed by atoms with E-state index in [1.807, 2.05) is 0 Å². The zero-order valence-corrected chi connectivity index (χ0v) is 16.4. The van der Waals surface area contributed by atoms with Crippen LogP contribution in [0.15, 0.2) is 12.7 Å². The third kappa shape index (κ3) is 17.8. The summed E-state index contributed by atoms with van der Waals surface area (Å²) in [5.74, 6) is -0.308. The molecule has 0 unspecified atom stereocenters. The minimum atomic E-state index is -1.33. The Balaban J connectivity index is 3.09. The Bertz CT molecular complexity index is 287. The van der Waals surface area contributed by atoms with E-state index in [1.165, 1.54) is 69.9 Å². The second-order valence-corrected chi connectivity index (χ2v) is 13.7. The van der Waals surface area contributed by atoms with Crippen LogP contribution in [0.25, 0.3) is 0 Å². The molecule has 0 fully saturated rings. The van der Waals surface area contributed by atoms with Crippen molar-refractivity contribution >= 4 is 24.4 Å². The number of unbranched alkanes of at least 4 members (excludes halogenated alkanes) is 10. The van der Waals surface area contributed by atoms with E-state index in [2.05, 4.69) is 19.7 Å². The Morgan fingerprint density at radius 2 is 1.32 bits per heavy atom. The van der Waals surface area contributed by atoms with Crippen molar-refractivity contribution in [1.82, 2.24) is 0 Å². The van der Waals surface area contributed by atoms with E-state index in [0.29, 0.717) is 6.61 Å². The molecule has 0 aromatic rings. The highest BCUT2D eigenvalue weighted by molar-refractivity contribution is 7.19. The van der Waals surface area contributed by atoms with Gasteiger partial charge in [-0.2, -0.15) is 11.1 Å². The highest BCUT2D eigenvalue weighted by Crippen LogP contribution is 2.19. The summed E-state index contributed by atoms with van der Waals surface area (Å²) in [6.45, 7) is 8.38. The van der Waals surface area contributed by atoms with E-state index >= 15 is 0 Å². The number of hydrogen-bond acceptors (Lipinski definition) is 2. The standard InChI is InChI=1S/C18H35ClO2Si/c1-4-18(20)21-16-14-12-10-8-6-5-7-9-11-13-15-17-22(2,3)19/h4H,1,5-17H2,2-3H3. The molecule has 0 N–H and O–H groups in total. The van der Waals surface area contributed by atoms with E-state index in [9.17, 15) is 4.79 Å². The van der Waals surface area contributed by atoms with E-state index < -0.39 is 7.38 Å². The van der Waals surface area contributed by atoms with Gasteiger partial charge in [0.25, 0.3) is 0 Å². The van der Waals surface area contributed by atoms with Crippen molar-refractivity contribution in [2.45, 2.75) is 89.8 Å². The third-order valence-electron chi connectivity index (χ3n) is 3.83. The number of hydrogen-bond donors (Lipinski definition) is 0. The zero-order chi connectivity index (χ0) is 16.7. The van der Waals surface area contributed by atoms with E-state index in [4.69, 9.17) is 15.8 Å². The highest BCUT2D eigenvalue weighted by Gasteiger charge is 2.15. The molecule has 0 aromatic heterocycles. The summed E-state index contributed by atoms with van der Waals surface area (Å²) < 4.78 is 4.94. The van der Waals surface area contributed by atoms with Gasteiger partial charge in [-0.05, 0) is 12.5 Å². The fraction of sp³-hybridized carbons (Fsp3) is 0.833. The minimum Gasteiger partial charge on any atom is -0.463 e. The molecule has 0 atom stereocenters. The number of halogens is 1. The summed E-state index contributed by atoms with van der Waals surface area (Å²) in [7, 11) is -1.33. The summed E-state index contributed by atoms with van der Waals surface area (Å²) in [6.07, 6.45) is 15.4. The molecule has 4 heteroatoms. The van der Waals surface area contributed by atoms with Crippen LogP contribution in [0.2, 0.25) is 19.1 Å². The number of ether oxygens (including phenoxy) is 1. The van der Waals surface area contributed by atoms with Crippen LogP contribution < -0.4 is 0 Å². The zero-order valence-electron chi connectivity index (χ0n) is 14.7. The normalized spacial score (nSPS) is 11.4. The van der Waals surface area contributed by atoms with Gasteiger partial charge in [-0.1, -0.05) is 83.9 Å². The Kier molecular flexibility index (Phi) is 14.1. The largest absolute Gasteiger partial charge is 0.463 e. The van der Waals surface area contributed by atoms with Crippen LogP contribution in [-0.2, 0) is 9.53 Å². The Labute approximate surface area is 143 Å². The lowest BCUT2D eigenvalue weighted by molar-refractivity contribution is -0.137. The second-order valence-electron chi connectivity index (χ2n) is 6.73. The van der Waals surface area contributed by atoms with Gasteiger partial charge in [0.05, 0.1) is 6.61 Å². The summed E-state index contributed by atoms with van der Waals surface area (Å²) >= 11 is 6.31. The van der Waals surface area contributed by atoms with Gasteiger partial charge in [-0.3, -0.25) is 0 Å². The monoisotopic (exact) mass is 346 g/mol. The molecular weight excluding hydrogens is 312 g/mol. The third-order valence-corrected chi connectivity index (χ3v) is 5.94. The smallest absolute Gasteiger partial charge is 0.330 e. The van der Waals surface area contributed by atoms with Crippen LogP contribution in [0.3, 0.4) is 0 Å². The van der Waals surface area contributed by atoms with Gasteiger partial charge in [-0.25, -0.2) is 4.79 Å².